The van der Waals surface area contributed by atoms with Crippen molar-refractivity contribution in [2.45, 2.75) is 84.7 Å². The first-order valence-electron chi connectivity index (χ1n) is 11.4. The molecule has 1 aromatic carbocycles. The number of hydrogen-bond acceptors (Lipinski definition) is 2. The lowest BCUT2D eigenvalue weighted by molar-refractivity contribution is -0.121. The molecule has 2 aliphatic rings. The number of para-hydroxylation sites is 1. The van der Waals surface area contributed by atoms with E-state index in [0.717, 1.165) is 24.4 Å². The molecule has 3 heteroatoms. The summed E-state index contributed by atoms with van der Waals surface area (Å²) in [6.45, 7) is 10.0. The zero-order chi connectivity index (χ0) is 20.3. The maximum atomic E-state index is 13.6. The van der Waals surface area contributed by atoms with Gasteiger partial charge in [0.1, 0.15) is 0 Å². The monoisotopic (exact) mass is 384 g/mol. The largest absolute Gasteiger partial charge is 0.308 e. The molecule has 28 heavy (non-hydrogen) atoms. The molecule has 2 saturated carbocycles. The Bertz CT molecular complexity index is 635. The van der Waals surface area contributed by atoms with Gasteiger partial charge in [-0.1, -0.05) is 71.6 Å². The van der Waals surface area contributed by atoms with Gasteiger partial charge in [0.2, 0.25) is 5.91 Å². The second kappa shape index (κ2) is 8.98. The number of anilines is 1. The second-order valence-corrected chi connectivity index (χ2v) is 9.89. The summed E-state index contributed by atoms with van der Waals surface area (Å²) in [5, 5.41) is 0. The van der Waals surface area contributed by atoms with E-state index in [4.69, 9.17) is 0 Å². The van der Waals surface area contributed by atoms with Crippen LogP contribution in [0.1, 0.15) is 72.6 Å². The SMILES string of the molecule is CCC1CC(C)C(N(C)CC(=O)N(c2ccccc2)C2CCCCC2)C1(C)C. The first kappa shape index (κ1) is 21.4. The van der Waals surface area contributed by atoms with Crippen LogP contribution in [0.3, 0.4) is 0 Å². The minimum absolute atomic E-state index is 0.256. The topological polar surface area (TPSA) is 23.6 Å². The minimum atomic E-state index is 0.256. The highest BCUT2D eigenvalue weighted by molar-refractivity contribution is 5.95. The summed E-state index contributed by atoms with van der Waals surface area (Å²) < 4.78 is 0. The summed E-state index contributed by atoms with van der Waals surface area (Å²) in [6, 6.07) is 11.2. The number of carbonyl (C=O) groups is 1. The van der Waals surface area contributed by atoms with E-state index in [9.17, 15) is 4.79 Å². The number of hydrogen-bond donors (Lipinski definition) is 0. The van der Waals surface area contributed by atoms with Crippen LogP contribution in [-0.2, 0) is 4.79 Å². The fraction of sp³-hybridized carbons (Fsp3) is 0.720. The maximum absolute atomic E-state index is 13.6. The summed E-state index contributed by atoms with van der Waals surface area (Å²) in [5.74, 6) is 1.65. The molecule has 0 N–H and O–H groups in total. The lowest BCUT2D eigenvalue weighted by Gasteiger charge is -2.41. The number of likely N-dealkylation sites (N-methyl/N-ethyl adjacent to an activating group) is 1. The molecule has 1 aromatic rings. The third kappa shape index (κ3) is 4.30. The third-order valence-corrected chi connectivity index (χ3v) is 7.61. The fourth-order valence-corrected chi connectivity index (χ4v) is 6.43. The van der Waals surface area contributed by atoms with Gasteiger partial charge in [-0.25, -0.2) is 0 Å². The molecule has 0 radical (unpaired) electrons. The van der Waals surface area contributed by atoms with Gasteiger partial charge in [-0.05, 0) is 55.7 Å². The van der Waals surface area contributed by atoms with Crippen molar-refractivity contribution in [1.29, 1.82) is 0 Å². The molecule has 0 bridgehead atoms. The lowest BCUT2D eigenvalue weighted by Crippen LogP contribution is -2.51. The highest BCUT2D eigenvalue weighted by Crippen LogP contribution is 2.49. The van der Waals surface area contributed by atoms with Crippen LogP contribution in [0.25, 0.3) is 0 Å². The molecule has 156 valence electrons. The van der Waals surface area contributed by atoms with Crippen molar-refractivity contribution in [3.63, 3.8) is 0 Å². The molecule has 3 rings (SSSR count). The molecule has 0 aromatic heterocycles. The van der Waals surface area contributed by atoms with Crippen molar-refractivity contribution < 1.29 is 4.79 Å². The van der Waals surface area contributed by atoms with E-state index in [1.807, 2.05) is 6.07 Å². The van der Waals surface area contributed by atoms with Crippen molar-refractivity contribution in [3.05, 3.63) is 30.3 Å². The second-order valence-electron chi connectivity index (χ2n) is 9.89. The van der Waals surface area contributed by atoms with Crippen LogP contribution in [-0.4, -0.2) is 36.5 Å². The Morgan fingerprint density at radius 1 is 1.11 bits per heavy atom. The summed E-state index contributed by atoms with van der Waals surface area (Å²) in [5.41, 5.74) is 1.32. The summed E-state index contributed by atoms with van der Waals surface area (Å²) in [4.78, 5) is 18.1. The molecule has 3 unspecified atom stereocenters. The molecule has 3 nitrogen and oxygen atoms in total. The molecule has 0 spiro atoms. The standard InChI is InChI=1S/C25H40N2O/c1-6-20-17-19(2)24(25(20,3)4)26(5)18-23(28)27(21-13-9-7-10-14-21)22-15-11-8-12-16-22/h7,9-10,13-14,19-20,22,24H,6,8,11-12,15-18H2,1-5H3. The van der Waals surface area contributed by atoms with E-state index in [-0.39, 0.29) is 11.3 Å². The van der Waals surface area contributed by atoms with E-state index in [1.54, 1.807) is 0 Å². The van der Waals surface area contributed by atoms with Crippen molar-refractivity contribution in [3.8, 4) is 0 Å². The predicted molar refractivity (Wildman–Crippen MR) is 119 cm³/mol. The fourth-order valence-electron chi connectivity index (χ4n) is 6.43. The Hall–Kier alpha value is -1.35. The van der Waals surface area contributed by atoms with Crippen LogP contribution in [0, 0.1) is 17.3 Å². The quantitative estimate of drug-likeness (QED) is 0.624. The van der Waals surface area contributed by atoms with Gasteiger partial charge in [-0.15, -0.1) is 0 Å². The molecular formula is C25H40N2O. The third-order valence-electron chi connectivity index (χ3n) is 7.61. The minimum Gasteiger partial charge on any atom is -0.308 e. The van der Waals surface area contributed by atoms with E-state index in [1.165, 1.54) is 32.1 Å². The number of rotatable bonds is 6. The van der Waals surface area contributed by atoms with Crippen molar-refractivity contribution >= 4 is 11.6 Å². The molecule has 0 saturated heterocycles. The van der Waals surface area contributed by atoms with Gasteiger partial charge in [0.15, 0.2) is 0 Å². The Labute approximate surface area is 172 Å². The van der Waals surface area contributed by atoms with Crippen molar-refractivity contribution in [1.82, 2.24) is 4.90 Å². The first-order valence-corrected chi connectivity index (χ1v) is 11.4. The molecule has 2 aliphatic carbocycles. The zero-order valence-electron chi connectivity index (χ0n) is 18.7. The number of benzene rings is 1. The predicted octanol–water partition coefficient (Wildman–Crippen LogP) is 5.74. The maximum Gasteiger partial charge on any atom is 0.241 e. The highest BCUT2D eigenvalue weighted by Gasteiger charge is 2.48. The van der Waals surface area contributed by atoms with Gasteiger partial charge in [-0.3, -0.25) is 9.69 Å². The van der Waals surface area contributed by atoms with Gasteiger partial charge < -0.3 is 4.90 Å². The highest BCUT2D eigenvalue weighted by atomic mass is 16.2. The van der Waals surface area contributed by atoms with Crippen LogP contribution in [0.15, 0.2) is 30.3 Å². The average Bonchev–Trinajstić information content (AvgIpc) is 2.91. The zero-order valence-corrected chi connectivity index (χ0v) is 18.7. The number of nitrogens with zero attached hydrogens (tertiary/aromatic N) is 2. The van der Waals surface area contributed by atoms with E-state index in [2.05, 4.69) is 68.8 Å². The Balaban J connectivity index is 1.78. The van der Waals surface area contributed by atoms with Crippen LogP contribution in [0.5, 0.6) is 0 Å². The average molecular weight is 385 g/mol. The summed E-state index contributed by atoms with van der Waals surface area (Å²) >= 11 is 0. The number of amides is 1. The van der Waals surface area contributed by atoms with E-state index < -0.39 is 0 Å². The van der Waals surface area contributed by atoms with Gasteiger partial charge in [0.25, 0.3) is 0 Å². The van der Waals surface area contributed by atoms with Gasteiger partial charge in [0, 0.05) is 17.8 Å². The summed E-state index contributed by atoms with van der Waals surface area (Å²) in [6.07, 6.45) is 8.55. The summed E-state index contributed by atoms with van der Waals surface area (Å²) in [7, 11) is 2.17. The van der Waals surface area contributed by atoms with Crippen molar-refractivity contribution in [2.75, 3.05) is 18.5 Å². The van der Waals surface area contributed by atoms with Crippen LogP contribution >= 0.6 is 0 Å². The molecule has 2 fully saturated rings. The van der Waals surface area contributed by atoms with Crippen LogP contribution in [0.4, 0.5) is 5.69 Å². The Morgan fingerprint density at radius 2 is 1.75 bits per heavy atom. The van der Waals surface area contributed by atoms with Crippen LogP contribution in [0.2, 0.25) is 0 Å². The Kier molecular flexibility index (Phi) is 6.85. The van der Waals surface area contributed by atoms with E-state index >= 15 is 0 Å². The van der Waals surface area contributed by atoms with Gasteiger partial charge in [-0.2, -0.15) is 0 Å². The molecular weight excluding hydrogens is 344 g/mol. The molecule has 0 heterocycles. The van der Waals surface area contributed by atoms with Gasteiger partial charge >= 0.3 is 0 Å². The lowest BCUT2D eigenvalue weighted by atomic mass is 9.77. The smallest absolute Gasteiger partial charge is 0.241 e. The first-order chi connectivity index (χ1) is 13.4. The van der Waals surface area contributed by atoms with Crippen LogP contribution < -0.4 is 4.90 Å². The molecule has 1 amide bonds. The van der Waals surface area contributed by atoms with Gasteiger partial charge in [0.05, 0.1) is 6.54 Å². The van der Waals surface area contributed by atoms with Crippen molar-refractivity contribution in [2.24, 2.45) is 17.3 Å². The van der Waals surface area contributed by atoms with E-state index in [0.29, 0.717) is 24.5 Å². The Morgan fingerprint density at radius 3 is 2.32 bits per heavy atom. The molecule has 0 aliphatic heterocycles. The number of carbonyl (C=O) groups excluding carboxylic acids is 1. The normalized spacial score (nSPS) is 27.9. The molecule has 3 atom stereocenters.